The lowest BCUT2D eigenvalue weighted by Gasteiger charge is -2.19. The molecule has 0 aromatic heterocycles. The minimum Gasteiger partial charge on any atom is -0.353 e. The predicted octanol–water partition coefficient (Wildman–Crippen LogP) is 10.3. The molecule has 0 N–H and O–H groups in total. The number of unbranched alkanes of at least 4 members (excludes halogenated alkanes) is 17. The summed E-state index contributed by atoms with van der Waals surface area (Å²) < 4.78 is 12.3. The molecule has 0 atom stereocenters. The van der Waals surface area contributed by atoms with Crippen LogP contribution < -0.4 is 0 Å². The Morgan fingerprint density at radius 2 is 1.00 bits per heavy atom. The van der Waals surface area contributed by atoms with Crippen LogP contribution in [0.15, 0.2) is 24.8 Å². The van der Waals surface area contributed by atoms with Gasteiger partial charge in [-0.1, -0.05) is 135 Å². The summed E-state index contributed by atoms with van der Waals surface area (Å²) in [5.41, 5.74) is 0. The van der Waals surface area contributed by atoms with E-state index in [1.54, 1.807) is 0 Å². The fourth-order valence-electron chi connectivity index (χ4n) is 4.06. The number of ether oxygens (including phenoxy) is 2. The molecular weight excluding hydrogens is 392 g/mol. The quantitative estimate of drug-likeness (QED) is 0.0703. The molecule has 0 saturated carbocycles. The van der Waals surface area contributed by atoms with E-state index in [0.29, 0.717) is 0 Å². The summed E-state index contributed by atoms with van der Waals surface area (Å²) in [4.78, 5) is 0. The first-order valence-electron chi connectivity index (χ1n) is 14.4. The Morgan fingerprint density at radius 3 is 1.50 bits per heavy atom. The summed E-state index contributed by atoms with van der Waals surface area (Å²) in [6.45, 7) is 10.0. The maximum atomic E-state index is 6.16. The molecule has 0 amide bonds. The highest BCUT2D eigenvalue weighted by molar-refractivity contribution is 4.96. The summed E-state index contributed by atoms with van der Waals surface area (Å²) in [5.74, 6) is 0. The van der Waals surface area contributed by atoms with Gasteiger partial charge in [-0.15, -0.1) is 0 Å². The second kappa shape index (κ2) is 28.4. The molecule has 2 nitrogen and oxygen atoms in total. The van der Waals surface area contributed by atoms with E-state index in [9.17, 15) is 0 Å². The molecule has 190 valence electrons. The van der Waals surface area contributed by atoms with Crippen LogP contribution in [-0.4, -0.2) is 19.5 Å². The Balaban J connectivity index is 3.87. The van der Waals surface area contributed by atoms with Gasteiger partial charge in [-0.05, 0) is 38.5 Å². The molecule has 2 heteroatoms. The SMILES string of the molecule is C=C/C=C/CCCCCCCC(OCCCCCCCCC)OCCCCCCCCC. The summed E-state index contributed by atoms with van der Waals surface area (Å²) in [5, 5.41) is 0. The van der Waals surface area contributed by atoms with Gasteiger partial charge >= 0.3 is 0 Å². The zero-order valence-electron chi connectivity index (χ0n) is 22.1. The van der Waals surface area contributed by atoms with Crippen molar-refractivity contribution in [1.29, 1.82) is 0 Å². The Labute approximate surface area is 202 Å². The van der Waals surface area contributed by atoms with Crippen LogP contribution >= 0.6 is 0 Å². The van der Waals surface area contributed by atoms with Crippen molar-refractivity contribution in [2.45, 2.75) is 155 Å². The van der Waals surface area contributed by atoms with Gasteiger partial charge in [-0.25, -0.2) is 0 Å². The van der Waals surface area contributed by atoms with E-state index in [1.807, 2.05) is 6.08 Å². The van der Waals surface area contributed by atoms with Crippen molar-refractivity contribution in [2.75, 3.05) is 13.2 Å². The number of rotatable bonds is 27. The molecule has 0 aliphatic heterocycles. The maximum absolute atomic E-state index is 6.16. The molecule has 0 aliphatic carbocycles. The second-order valence-electron chi connectivity index (χ2n) is 9.42. The largest absolute Gasteiger partial charge is 0.353 e. The van der Waals surface area contributed by atoms with Gasteiger partial charge < -0.3 is 9.47 Å². The van der Waals surface area contributed by atoms with Crippen LogP contribution in [0, 0.1) is 0 Å². The highest BCUT2D eigenvalue weighted by atomic mass is 16.7. The van der Waals surface area contributed by atoms with Crippen molar-refractivity contribution in [3.8, 4) is 0 Å². The normalized spacial score (nSPS) is 11.7. The lowest BCUT2D eigenvalue weighted by molar-refractivity contribution is -0.148. The predicted molar refractivity (Wildman–Crippen MR) is 143 cm³/mol. The van der Waals surface area contributed by atoms with Crippen LogP contribution in [0.1, 0.15) is 149 Å². The summed E-state index contributed by atoms with van der Waals surface area (Å²) in [6.07, 6.45) is 33.5. The molecule has 32 heavy (non-hydrogen) atoms. The first kappa shape index (κ1) is 31.4. The Hall–Kier alpha value is -0.600. The van der Waals surface area contributed by atoms with E-state index >= 15 is 0 Å². The van der Waals surface area contributed by atoms with Crippen molar-refractivity contribution in [3.63, 3.8) is 0 Å². The van der Waals surface area contributed by atoms with E-state index in [0.717, 1.165) is 19.6 Å². The van der Waals surface area contributed by atoms with Crippen LogP contribution in [0.3, 0.4) is 0 Å². The zero-order valence-corrected chi connectivity index (χ0v) is 22.1. The monoisotopic (exact) mass is 450 g/mol. The van der Waals surface area contributed by atoms with Crippen LogP contribution in [0.4, 0.5) is 0 Å². The van der Waals surface area contributed by atoms with Crippen molar-refractivity contribution >= 4 is 0 Å². The van der Waals surface area contributed by atoms with Gasteiger partial charge in [-0.2, -0.15) is 0 Å². The third-order valence-electron chi connectivity index (χ3n) is 6.19. The molecule has 0 aromatic rings. The smallest absolute Gasteiger partial charge is 0.157 e. The molecule has 0 bridgehead atoms. The molecular formula is C30H58O2. The van der Waals surface area contributed by atoms with Crippen LogP contribution in [0.25, 0.3) is 0 Å². The van der Waals surface area contributed by atoms with Gasteiger partial charge in [0.1, 0.15) is 0 Å². The topological polar surface area (TPSA) is 18.5 Å². The first-order chi connectivity index (χ1) is 15.8. The highest BCUT2D eigenvalue weighted by Crippen LogP contribution is 2.14. The molecule has 0 fully saturated rings. The molecule has 0 rings (SSSR count). The van der Waals surface area contributed by atoms with Gasteiger partial charge in [0.2, 0.25) is 0 Å². The van der Waals surface area contributed by atoms with Crippen LogP contribution in [-0.2, 0) is 9.47 Å². The molecule has 0 saturated heterocycles. The van der Waals surface area contributed by atoms with E-state index in [1.165, 1.54) is 128 Å². The molecule has 0 spiro atoms. The van der Waals surface area contributed by atoms with E-state index < -0.39 is 0 Å². The summed E-state index contributed by atoms with van der Waals surface area (Å²) >= 11 is 0. The average Bonchev–Trinajstić information content (AvgIpc) is 2.80. The van der Waals surface area contributed by atoms with Crippen LogP contribution in [0.5, 0.6) is 0 Å². The standard InChI is InChI=1S/C30H58O2/c1-4-7-10-13-16-17-18-21-24-27-30(31-28-25-22-19-14-11-8-5-2)32-29-26-23-20-15-12-9-6-3/h4,7,10,30H,1,5-6,8-9,11-29H2,2-3H3/b10-7+. The summed E-state index contributed by atoms with van der Waals surface area (Å²) in [7, 11) is 0. The Kier molecular flexibility index (Phi) is 27.9. The highest BCUT2D eigenvalue weighted by Gasteiger charge is 2.09. The number of allylic oxidation sites excluding steroid dienone is 3. The molecule has 0 aliphatic rings. The number of hydrogen-bond acceptors (Lipinski definition) is 2. The number of hydrogen-bond donors (Lipinski definition) is 0. The molecule has 0 radical (unpaired) electrons. The Morgan fingerprint density at radius 1 is 0.562 bits per heavy atom. The zero-order chi connectivity index (χ0) is 23.4. The first-order valence-corrected chi connectivity index (χ1v) is 14.4. The van der Waals surface area contributed by atoms with Crippen molar-refractivity contribution in [3.05, 3.63) is 24.8 Å². The average molecular weight is 451 g/mol. The van der Waals surface area contributed by atoms with E-state index in [2.05, 4.69) is 32.6 Å². The van der Waals surface area contributed by atoms with Gasteiger partial charge in [0.15, 0.2) is 6.29 Å². The fraction of sp³-hybridized carbons (Fsp3) is 0.867. The van der Waals surface area contributed by atoms with Crippen molar-refractivity contribution in [1.82, 2.24) is 0 Å². The van der Waals surface area contributed by atoms with Crippen molar-refractivity contribution in [2.24, 2.45) is 0 Å². The van der Waals surface area contributed by atoms with E-state index in [4.69, 9.17) is 9.47 Å². The van der Waals surface area contributed by atoms with Gasteiger partial charge in [0.25, 0.3) is 0 Å². The molecule has 0 aromatic carbocycles. The van der Waals surface area contributed by atoms with Gasteiger partial charge in [-0.3, -0.25) is 0 Å². The lowest BCUT2D eigenvalue weighted by atomic mass is 10.1. The van der Waals surface area contributed by atoms with Gasteiger partial charge in [0.05, 0.1) is 0 Å². The molecule has 0 heterocycles. The third kappa shape index (κ3) is 25.7. The molecule has 0 unspecified atom stereocenters. The summed E-state index contributed by atoms with van der Waals surface area (Å²) in [6, 6.07) is 0. The maximum Gasteiger partial charge on any atom is 0.157 e. The van der Waals surface area contributed by atoms with Crippen LogP contribution in [0.2, 0.25) is 0 Å². The minimum absolute atomic E-state index is 0.0192. The fourth-order valence-corrected chi connectivity index (χ4v) is 4.06. The van der Waals surface area contributed by atoms with E-state index in [-0.39, 0.29) is 6.29 Å². The minimum atomic E-state index is 0.0192. The van der Waals surface area contributed by atoms with Crippen molar-refractivity contribution < 1.29 is 9.47 Å². The van der Waals surface area contributed by atoms with Gasteiger partial charge in [0, 0.05) is 13.2 Å². The Bertz CT molecular complexity index is 357. The third-order valence-corrected chi connectivity index (χ3v) is 6.19. The lowest BCUT2D eigenvalue weighted by Crippen LogP contribution is -2.19. The second-order valence-corrected chi connectivity index (χ2v) is 9.42.